The van der Waals surface area contributed by atoms with Gasteiger partial charge in [-0.1, -0.05) is 19.9 Å². The fourth-order valence-corrected chi connectivity index (χ4v) is 3.43. The topological polar surface area (TPSA) is 16.1 Å². The lowest BCUT2D eigenvalue weighted by Gasteiger charge is -2.25. The van der Waals surface area contributed by atoms with E-state index in [4.69, 9.17) is 0 Å². The van der Waals surface area contributed by atoms with Crippen LogP contribution in [0.15, 0.2) is 23.4 Å². The van der Waals surface area contributed by atoms with E-state index in [0.717, 1.165) is 5.75 Å². The van der Waals surface area contributed by atoms with Gasteiger partial charge in [0.2, 0.25) is 0 Å². The highest BCUT2D eigenvalue weighted by Gasteiger charge is 2.27. The van der Waals surface area contributed by atoms with Crippen LogP contribution < -0.4 is 0 Å². The maximum atomic E-state index is 4.54. The summed E-state index contributed by atoms with van der Waals surface area (Å²) in [5.41, 5.74) is 1.45. The van der Waals surface area contributed by atoms with E-state index in [0.29, 0.717) is 6.04 Å². The molecule has 1 aliphatic rings. The van der Waals surface area contributed by atoms with Crippen molar-refractivity contribution in [2.45, 2.75) is 44.2 Å². The Bertz CT molecular complexity index is 354. The van der Waals surface area contributed by atoms with Crippen molar-refractivity contribution in [3.63, 3.8) is 0 Å². The van der Waals surface area contributed by atoms with Gasteiger partial charge in [-0.05, 0) is 44.2 Å². The van der Waals surface area contributed by atoms with Crippen molar-refractivity contribution in [1.29, 1.82) is 0 Å². The zero-order valence-electron chi connectivity index (χ0n) is 10.9. The van der Waals surface area contributed by atoms with Crippen LogP contribution in [-0.4, -0.2) is 28.7 Å². The third kappa shape index (κ3) is 3.02. The lowest BCUT2D eigenvalue weighted by atomic mass is 10.1. The van der Waals surface area contributed by atoms with Gasteiger partial charge in [0, 0.05) is 17.8 Å². The second kappa shape index (κ2) is 6.41. The molecular formula is C14H22N2S. The molecule has 1 unspecified atom stereocenters. The fourth-order valence-electron chi connectivity index (χ4n) is 2.65. The van der Waals surface area contributed by atoms with Gasteiger partial charge in [-0.25, -0.2) is 4.98 Å². The average molecular weight is 250 g/mol. The summed E-state index contributed by atoms with van der Waals surface area (Å²) in [7, 11) is 0. The highest BCUT2D eigenvalue weighted by molar-refractivity contribution is 7.99. The van der Waals surface area contributed by atoms with Crippen LogP contribution in [0.3, 0.4) is 0 Å². The maximum Gasteiger partial charge on any atom is 0.101 e. The van der Waals surface area contributed by atoms with Crippen molar-refractivity contribution in [3.05, 3.63) is 23.9 Å². The number of hydrogen-bond acceptors (Lipinski definition) is 3. The zero-order valence-corrected chi connectivity index (χ0v) is 11.7. The first kappa shape index (κ1) is 12.9. The Labute approximate surface area is 109 Å². The molecule has 0 spiro atoms. The summed E-state index contributed by atoms with van der Waals surface area (Å²) in [6, 6.07) is 4.96. The van der Waals surface area contributed by atoms with E-state index in [9.17, 15) is 0 Å². The first-order chi connectivity index (χ1) is 8.36. The van der Waals surface area contributed by atoms with Crippen molar-refractivity contribution in [2.24, 2.45) is 0 Å². The van der Waals surface area contributed by atoms with Crippen LogP contribution in [-0.2, 0) is 0 Å². The first-order valence-electron chi connectivity index (χ1n) is 6.68. The molecule has 1 atom stereocenters. The zero-order chi connectivity index (χ0) is 12.1. The van der Waals surface area contributed by atoms with Crippen LogP contribution >= 0.6 is 11.8 Å². The van der Waals surface area contributed by atoms with Crippen molar-refractivity contribution in [2.75, 3.05) is 18.8 Å². The van der Waals surface area contributed by atoms with Gasteiger partial charge in [0.1, 0.15) is 5.03 Å². The molecule has 1 aromatic rings. The molecule has 94 valence electrons. The predicted octanol–water partition coefficient (Wildman–Crippen LogP) is 3.74. The van der Waals surface area contributed by atoms with Gasteiger partial charge in [-0.15, -0.1) is 11.8 Å². The molecule has 0 aliphatic carbocycles. The SMILES string of the molecule is CCCN1CCCC1c1cccnc1SCC. The Hall–Kier alpha value is -0.540. The summed E-state index contributed by atoms with van der Waals surface area (Å²) < 4.78 is 0. The molecule has 1 fully saturated rings. The molecule has 1 aromatic heterocycles. The third-order valence-corrected chi connectivity index (χ3v) is 4.22. The smallest absolute Gasteiger partial charge is 0.101 e. The molecular weight excluding hydrogens is 228 g/mol. The summed E-state index contributed by atoms with van der Waals surface area (Å²) in [5, 5.41) is 1.24. The third-order valence-electron chi connectivity index (χ3n) is 3.32. The fraction of sp³-hybridized carbons (Fsp3) is 0.643. The summed E-state index contributed by atoms with van der Waals surface area (Å²) in [5.74, 6) is 1.10. The standard InChI is InChI=1S/C14H22N2S/c1-3-10-16-11-6-8-13(16)12-7-5-9-15-14(12)17-4-2/h5,7,9,13H,3-4,6,8,10-11H2,1-2H3. The summed E-state index contributed by atoms with van der Waals surface area (Å²) in [6.45, 7) is 6.93. The predicted molar refractivity (Wildman–Crippen MR) is 74.5 cm³/mol. The van der Waals surface area contributed by atoms with Crippen LogP contribution in [0.4, 0.5) is 0 Å². The molecule has 2 nitrogen and oxygen atoms in total. The van der Waals surface area contributed by atoms with Gasteiger partial charge in [0.25, 0.3) is 0 Å². The van der Waals surface area contributed by atoms with E-state index in [-0.39, 0.29) is 0 Å². The molecule has 0 aromatic carbocycles. The summed E-state index contributed by atoms with van der Waals surface area (Å²) in [4.78, 5) is 7.17. The second-order valence-corrected chi connectivity index (χ2v) is 5.78. The molecule has 2 heterocycles. The van der Waals surface area contributed by atoms with E-state index in [1.807, 2.05) is 18.0 Å². The van der Waals surface area contributed by atoms with Crippen LogP contribution in [0.2, 0.25) is 0 Å². The Kier molecular flexibility index (Phi) is 4.86. The molecule has 0 amide bonds. The van der Waals surface area contributed by atoms with E-state index in [1.54, 1.807) is 0 Å². The highest BCUT2D eigenvalue weighted by atomic mass is 32.2. The molecule has 0 radical (unpaired) electrons. The molecule has 0 bridgehead atoms. The normalized spacial score (nSPS) is 20.9. The number of rotatable bonds is 5. The minimum Gasteiger partial charge on any atom is -0.296 e. The number of hydrogen-bond donors (Lipinski definition) is 0. The van der Waals surface area contributed by atoms with Gasteiger partial charge in [-0.3, -0.25) is 4.90 Å². The Morgan fingerprint density at radius 1 is 1.47 bits per heavy atom. The average Bonchev–Trinajstić information content (AvgIpc) is 2.79. The Morgan fingerprint density at radius 3 is 3.12 bits per heavy atom. The highest BCUT2D eigenvalue weighted by Crippen LogP contribution is 2.36. The molecule has 0 saturated carbocycles. The molecule has 1 saturated heterocycles. The van der Waals surface area contributed by atoms with Gasteiger partial charge in [0.05, 0.1) is 0 Å². The number of nitrogens with zero attached hydrogens (tertiary/aromatic N) is 2. The van der Waals surface area contributed by atoms with E-state index in [2.05, 4.69) is 35.9 Å². The maximum absolute atomic E-state index is 4.54. The van der Waals surface area contributed by atoms with E-state index < -0.39 is 0 Å². The minimum atomic E-state index is 0.609. The van der Waals surface area contributed by atoms with Crippen LogP contribution in [0.1, 0.15) is 44.7 Å². The van der Waals surface area contributed by atoms with Crippen LogP contribution in [0.25, 0.3) is 0 Å². The van der Waals surface area contributed by atoms with Gasteiger partial charge in [-0.2, -0.15) is 0 Å². The quantitative estimate of drug-likeness (QED) is 0.741. The molecule has 0 N–H and O–H groups in total. The van der Waals surface area contributed by atoms with Crippen molar-refractivity contribution in [3.8, 4) is 0 Å². The number of thioether (sulfide) groups is 1. The van der Waals surface area contributed by atoms with Crippen molar-refractivity contribution < 1.29 is 0 Å². The minimum absolute atomic E-state index is 0.609. The van der Waals surface area contributed by atoms with Crippen molar-refractivity contribution in [1.82, 2.24) is 9.88 Å². The summed E-state index contributed by atoms with van der Waals surface area (Å²) >= 11 is 1.87. The molecule has 3 heteroatoms. The first-order valence-corrected chi connectivity index (χ1v) is 7.67. The van der Waals surface area contributed by atoms with Gasteiger partial charge in [0.15, 0.2) is 0 Å². The van der Waals surface area contributed by atoms with Crippen LogP contribution in [0.5, 0.6) is 0 Å². The number of likely N-dealkylation sites (tertiary alicyclic amines) is 1. The number of aromatic nitrogens is 1. The largest absolute Gasteiger partial charge is 0.296 e. The molecule has 2 rings (SSSR count). The monoisotopic (exact) mass is 250 g/mol. The van der Waals surface area contributed by atoms with Gasteiger partial charge >= 0.3 is 0 Å². The number of pyridine rings is 1. The lowest BCUT2D eigenvalue weighted by Crippen LogP contribution is -2.24. The summed E-state index contributed by atoms with van der Waals surface area (Å²) in [6.07, 6.45) is 5.78. The van der Waals surface area contributed by atoms with Gasteiger partial charge < -0.3 is 0 Å². The lowest BCUT2D eigenvalue weighted by molar-refractivity contribution is 0.254. The van der Waals surface area contributed by atoms with E-state index >= 15 is 0 Å². The Balaban J connectivity index is 2.20. The second-order valence-electron chi connectivity index (χ2n) is 4.52. The molecule has 17 heavy (non-hydrogen) atoms. The molecule has 1 aliphatic heterocycles. The van der Waals surface area contributed by atoms with E-state index in [1.165, 1.54) is 42.9 Å². The Morgan fingerprint density at radius 2 is 2.35 bits per heavy atom. The van der Waals surface area contributed by atoms with Crippen LogP contribution in [0, 0.1) is 0 Å². The van der Waals surface area contributed by atoms with Crippen molar-refractivity contribution >= 4 is 11.8 Å².